The Morgan fingerprint density at radius 2 is 2.00 bits per heavy atom. The van der Waals surface area contributed by atoms with Gasteiger partial charge in [-0.2, -0.15) is 18.3 Å². The quantitative estimate of drug-likeness (QED) is 0.743. The van der Waals surface area contributed by atoms with Crippen molar-refractivity contribution >= 4 is 0 Å². The number of rotatable bonds is 3. The topological polar surface area (TPSA) is 56.5 Å². The molecule has 23 heavy (non-hydrogen) atoms. The van der Waals surface area contributed by atoms with Gasteiger partial charge in [-0.05, 0) is 24.6 Å². The van der Waals surface area contributed by atoms with Gasteiger partial charge in [-0.3, -0.25) is 4.98 Å². The SMILES string of the molecule is CCc1nn(-c2cccnc2)cc1-c1ccnc(C(F)(F)F)n1. The first-order chi connectivity index (χ1) is 11.0. The molecule has 0 fully saturated rings. The maximum atomic E-state index is 12.8. The Morgan fingerprint density at radius 1 is 1.17 bits per heavy atom. The Bertz CT molecular complexity index is 811. The average molecular weight is 319 g/mol. The molecule has 0 aromatic carbocycles. The van der Waals surface area contributed by atoms with Gasteiger partial charge in [-0.25, -0.2) is 14.6 Å². The second kappa shape index (κ2) is 5.79. The summed E-state index contributed by atoms with van der Waals surface area (Å²) in [5.41, 5.74) is 2.11. The van der Waals surface area contributed by atoms with Crippen LogP contribution in [-0.4, -0.2) is 24.7 Å². The van der Waals surface area contributed by atoms with Crippen LogP contribution in [0.5, 0.6) is 0 Å². The van der Waals surface area contributed by atoms with Crippen LogP contribution in [0.4, 0.5) is 13.2 Å². The molecule has 0 amide bonds. The number of pyridine rings is 1. The zero-order valence-corrected chi connectivity index (χ0v) is 12.1. The first-order valence-corrected chi connectivity index (χ1v) is 6.88. The smallest absolute Gasteiger partial charge is 0.262 e. The number of aryl methyl sites for hydroxylation is 1. The molecule has 118 valence electrons. The van der Waals surface area contributed by atoms with Crippen LogP contribution >= 0.6 is 0 Å². The van der Waals surface area contributed by atoms with E-state index in [2.05, 4.69) is 20.1 Å². The maximum absolute atomic E-state index is 12.8. The summed E-state index contributed by atoms with van der Waals surface area (Å²) in [6.07, 6.45) is 1.99. The Morgan fingerprint density at radius 3 is 2.65 bits per heavy atom. The molecule has 0 unspecified atom stereocenters. The predicted octanol–water partition coefficient (Wildman–Crippen LogP) is 3.31. The Labute approximate surface area is 129 Å². The molecule has 0 spiro atoms. The predicted molar refractivity (Wildman–Crippen MR) is 76.8 cm³/mol. The van der Waals surface area contributed by atoms with Crippen LogP contribution in [0.15, 0.2) is 43.0 Å². The molecule has 0 saturated heterocycles. The maximum Gasteiger partial charge on any atom is 0.451 e. The van der Waals surface area contributed by atoms with Crippen molar-refractivity contribution in [3.8, 4) is 16.9 Å². The van der Waals surface area contributed by atoms with Crippen molar-refractivity contribution in [1.82, 2.24) is 24.7 Å². The molecular weight excluding hydrogens is 307 g/mol. The highest BCUT2D eigenvalue weighted by molar-refractivity contribution is 5.61. The van der Waals surface area contributed by atoms with Gasteiger partial charge >= 0.3 is 6.18 Å². The summed E-state index contributed by atoms with van der Waals surface area (Å²) in [6.45, 7) is 1.88. The molecule has 0 aliphatic heterocycles. The van der Waals surface area contributed by atoms with Crippen molar-refractivity contribution in [3.05, 3.63) is 54.5 Å². The van der Waals surface area contributed by atoms with E-state index in [0.29, 0.717) is 17.7 Å². The molecule has 0 bridgehead atoms. The highest BCUT2D eigenvalue weighted by Gasteiger charge is 2.34. The minimum atomic E-state index is -4.58. The van der Waals surface area contributed by atoms with E-state index < -0.39 is 12.0 Å². The van der Waals surface area contributed by atoms with Crippen molar-refractivity contribution in [2.24, 2.45) is 0 Å². The Hall–Kier alpha value is -2.77. The second-order valence-electron chi connectivity index (χ2n) is 4.76. The molecular formula is C15H12F3N5. The Kier molecular flexibility index (Phi) is 3.81. The van der Waals surface area contributed by atoms with E-state index in [9.17, 15) is 13.2 Å². The zero-order chi connectivity index (χ0) is 16.4. The lowest BCUT2D eigenvalue weighted by atomic mass is 10.1. The summed E-state index contributed by atoms with van der Waals surface area (Å²) in [5.74, 6) is -1.16. The van der Waals surface area contributed by atoms with Gasteiger partial charge in [0.05, 0.1) is 23.3 Å². The van der Waals surface area contributed by atoms with Crippen LogP contribution in [0.25, 0.3) is 16.9 Å². The highest BCUT2D eigenvalue weighted by Crippen LogP contribution is 2.29. The van der Waals surface area contributed by atoms with Crippen molar-refractivity contribution in [3.63, 3.8) is 0 Å². The normalized spacial score (nSPS) is 11.7. The van der Waals surface area contributed by atoms with E-state index in [-0.39, 0.29) is 5.69 Å². The van der Waals surface area contributed by atoms with Gasteiger partial charge in [-0.15, -0.1) is 0 Å². The summed E-state index contributed by atoms with van der Waals surface area (Å²) in [7, 11) is 0. The van der Waals surface area contributed by atoms with E-state index in [1.165, 1.54) is 6.07 Å². The summed E-state index contributed by atoms with van der Waals surface area (Å²) in [4.78, 5) is 10.9. The number of halogens is 3. The monoisotopic (exact) mass is 319 g/mol. The van der Waals surface area contributed by atoms with E-state index in [4.69, 9.17) is 0 Å². The van der Waals surface area contributed by atoms with Gasteiger partial charge in [0.1, 0.15) is 0 Å². The summed E-state index contributed by atoms with van der Waals surface area (Å²) < 4.78 is 39.9. The molecule has 0 N–H and O–H groups in total. The van der Waals surface area contributed by atoms with Gasteiger partial charge in [0.25, 0.3) is 0 Å². The lowest BCUT2D eigenvalue weighted by molar-refractivity contribution is -0.144. The Balaban J connectivity index is 2.08. The fourth-order valence-electron chi connectivity index (χ4n) is 2.15. The minimum absolute atomic E-state index is 0.194. The molecule has 8 heteroatoms. The minimum Gasteiger partial charge on any atom is -0.262 e. The number of hydrogen-bond donors (Lipinski definition) is 0. The summed E-state index contributed by atoms with van der Waals surface area (Å²) in [5, 5.41) is 4.40. The molecule has 3 heterocycles. The van der Waals surface area contributed by atoms with Crippen molar-refractivity contribution in [2.45, 2.75) is 19.5 Å². The zero-order valence-electron chi connectivity index (χ0n) is 12.1. The molecule has 0 saturated carbocycles. The van der Waals surface area contributed by atoms with Crippen LogP contribution in [0, 0.1) is 0 Å². The lowest BCUT2D eigenvalue weighted by Gasteiger charge is -2.06. The van der Waals surface area contributed by atoms with Gasteiger partial charge in [-0.1, -0.05) is 6.92 Å². The molecule has 3 aromatic heterocycles. The fourth-order valence-corrected chi connectivity index (χ4v) is 2.15. The first kappa shape index (κ1) is 15.1. The van der Waals surface area contributed by atoms with Crippen LogP contribution in [0.3, 0.4) is 0 Å². The number of hydrogen-bond acceptors (Lipinski definition) is 4. The molecule has 3 aromatic rings. The third-order valence-electron chi connectivity index (χ3n) is 3.22. The third kappa shape index (κ3) is 3.05. The largest absolute Gasteiger partial charge is 0.451 e. The number of aromatic nitrogens is 5. The van der Waals surface area contributed by atoms with Crippen LogP contribution in [0.1, 0.15) is 18.4 Å². The van der Waals surface area contributed by atoms with E-state index in [1.807, 2.05) is 13.0 Å². The van der Waals surface area contributed by atoms with Gasteiger partial charge in [0.15, 0.2) is 0 Å². The molecule has 0 radical (unpaired) electrons. The fraction of sp³-hybridized carbons (Fsp3) is 0.200. The molecule has 5 nitrogen and oxygen atoms in total. The van der Waals surface area contributed by atoms with E-state index >= 15 is 0 Å². The van der Waals surface area contributed by atoms with Gasteiger partial charge in [0.2, 0.25) is 5.82 Å². The first-order valence-electron chi connectivity index (χ1n) is 6.88. The summed E-state index contributed by atoms with van der Waals surface area (Å²) >= 11 is 0. The molecule has 0 atom stereocenters. The number of nitrogens with zero attached hydrogens (tertiary/aromatic N) is 5. The standard InChI is InChI=1S/C15H12F3N5/c1-2-12-11(9-23(22-12)10-4-3-6-19-8-10)13-5-7-20-14(21-13)15(16,17)18/h3-9H,2H2,1H3. The lowest BCUT2D eigenvalue weighted by Crippen LogP contribution is -2.11. The van der Waals surface area contributed by atoms with Crippen LogP contribution in [0.2, 0.25) is 0 Å². The average Bonchev–Trinajstić information content (AvgIpc) is 2.99. The van der Waals surface area contributed by atoms with E-state index in [0.717, 1.165) is 11.9 Å². The molecule has 3 rings (SSSR count). The van der Waals surface area contributed by atoms with Crippen molar-refractivity contribution in [1.29, 1.82) is 0 Å². The highest BCUT2D eigenvalue weighted by atomic mass is 19.4. The van der Waals surface area contributed by atoms with Crippen molar-refractivity contribution in [2.75, 3.05) is 0 Å². The number of alkyl halides is 3. The molecule has 0 aliphatic rings. The summed E-state index contributed by atoms with van der Waals surface area (Å²) in [6, 6.07) is 5.01. The van der Waals surface area contributed by atoms with Crippen LogP contribution in [-0.2, 0) is 12.6 Å². The van der Waals surface area contributed by atoms with Gasteiger partial charge in [0, 0.05) is 24.2 Å². The second-order valence-corrected chi connectivity index (χ2v) is 4.76. The van der Waals surface area contributed by atoms with Crippen LogP contribution < -0.4 is 0 Å². The third-order valence-corrected chi connectivity index (χ3v) is 3.22. The van der Waals surface area contributed by atoms with Gasteiger partial charge < -0.3 is 0 Å². The molecule has 0 aliphatic carbocycles. The van der Waals surface area contributed by atoms with E-state index in [1.54, 1.807) is 29.3 Å². The van der Waals surface area contributed by atoms with Crippen molar-refractivity contribution < 1.29 is 13.2 Å².